The predicted molar refractivity (Wildman–Crippen MR) is 64.8 cm³/mol. The molecule has 1 aliphatic heterocycles. The van der Waals surface area contributed by atoms with Crippen molar-refractivity contribution >= 4 is 15.9 Å². The van der Waals surface area contributed by atoms with Crippen LogP contribution >= 0.6 is 15.9 Å². The summed E-state index contributed by atoms with van der Waals surface area (Å²) in [7, 11) is 0. The summed E-state index contributed by atoms with van der Waals surface area (Å²) >= 11 is 3.10. The van der Waals surface area contributed by atoms with Crippen LogP contribution in [0, 0.1) is 0 Å². The highest BCUT2D eigenvalue weighted by Gasteiger charge is 2.34. The fourth-order valence-electron chi connectivity index (χ4n) is 1.98. The van der Waals surface area contributed by atoms with Crippen molar-refractivity contribution in [3.63, 3.8) is 0 Å². The van der Waals surface area contributed by atoms with Gasteiger partial charge < -0.3 is 14.6 Å². The number of ether oxygens (including phenoxy) is 2. The van der Waals surface area contributed by atoms with Gasteiger partial charge in [0.25, 0.3) is 0 Å². The maximum atomic E-state index is 12.4. The molecule has 1 fully saturated rings. The third kappa shape index (κ3) is 4.09. The summed E-state index contributed by atoms with van der Waals surface area (Å²) in [4.78, 5) is 0. The fourth-order valence-corrected chi connectivity index (χ4v) is 2.32. The second kappa shape index (κ2) is 5.68. The van der Waals surface area contributed by atoms with E-state index in [0.29, 0.717) is 23.1 Å². The topological polar surface area (TPSA) is 38.7 Å². The first-order valence-electron chi connectivity index (χ1n) is 5.70. The van der Waals surface area contributed by atoms with Crippen LogP contribution in [-0.2, 0) is 4.74 Å². The molecule has 1 aromatic rings. The molecule has 1 saturated heterocycles. The fraction of sp³-hybridized carbons (Fsp3) is 0.500. The number of benzene rings is 1. The summed E-state index contributed by atoms with van der Waals surface area (Å²) in [5.74, 6) is -0.305. The van der Waals surface area contributed by atoms with Crippen LogP contribution in [0.1, 0.15) is 24.5 Å². The number of aliphatic hydroxyl groups excluding tert-OH is 1. The summed E-state index contributed by atoms with van der Waals surface area (Å²) in [5, 5.41) is 9.57. The maximum absolute atomic E-state index is 12.4. The second-order valence-corrected chi connectivity index (χ2v) is 5.18. The normalized spacial score (nSPS) is 24.3. The van der Waals surface area contributed by atoms with E-state index in [4.69, 9.17) is 4.74 Å². The second-order valence-electron chi connectivity index (χ2n) is 4.27. The van der Waals surface area contributed by atoms with Crippen LogP contribution < -0.4 is 4.74 Å². The standard InChI is InChI=1S/C12H12BrF3O3/c13-7-1-2-9(10-6-8(17)3-4-18-10)11(5-7)19-12(14,15)16/h1-2,5,8,10,17H,3-4,6H2. The third-order valence-electron chi connectivity index (χ3n) is 2.80. The first-order valence-corrected chi connectivity index (χ1v) is 6.49. The summed E-state index contributed by atoms with van der Waals surface area (Å²) in [6.07, 6.45) is -5.17. The molecule has 0 aliphatic carbocycles. The van der Waals surface area contributed by atoms with Crippen LogP contribution in [0.3, 0.4) is 0 Å². The van der Waals surface area contributed by atoms with Gasteiger partial charge in [-0.1, -0.05) is 22.0 Å². The minimum atomic E-state index is -4.76. The Kier molecular flexibility index (Phi) is 4.37. The minimum absolute atomic E-state index is 0.260. The third-order valence-corrected chi connectivity index (χ3v) is 3.30. The van der Waals surface area contributed by atoms with E-state index < -0.39 is 18.6 Å². The highest BCUT2D eigenvalue weighted by Crippen LogP contribution is 2.37. The first-order chi connectivity index (χ1) is 8.85. The Bertz CT molecular complexity index is 450. The number of rotatable bonds is 2. The molecule has 0 bridgehead atoms. The van der Waals surface area contributed by atoms with E-state index in [9.17, 15) is 18.3 Å². The average molecular weight is 341 g/mol. The predicted octanol–water partition coefficient (Wildman–Crippen LogP) is 3.56. The molecule has 1 heterocycles. The molecule has 106 valence electrons. The zero-order valence-corrected chi connectivity index (χ0v) is 11.4. The number of hydrogen-bond acceptors (Lipinski definition) is 3. The van der Waals surface area contributed by atoms with E-state index in [-0.39, 0.29) is 12.2 Å². The highest BCUT2D eigenvalue weighted by molar-refractivity contribution is 9.10. The molecule has 0 radical (unpaired) electrons. The molecule has 3 nitrogen and oxygen atoms in total. The largest absolute Gasteiger partial charge is 0.573 e. The van der Waals surface area contributed by atoms with E-state index in [1.165, 1.54) is 12.1 Å². The van der Waals surface area contributed by atoms with Crippen LogP contribution in [0.2, 0.25) is 0 Å². The van der Waals surface area contributed by atoms with Crippen molar-refractivity contribution in [3.05, 3.63) is 28.2 Å². The molecule has 2 rings (SSSR count). The molecule has 7 heteroatoms. The highest BCUT2D eigenvalue weighted by atomic mass is 79.9. The Hall–Kier alpha value is -0.790. The van der Waals surface area contributed by atoms with Crippen molar-refractivity contribution < 1.29 is 27.8 Å². The van der Waals surface area contributed by atoms with Gasteiger partial charge in [0.05, 0.1) is 12.2 Å². The summed E-state index contributed by atoms with van der Waals surface area (Å²) in [5.41, 5.74) is 0.291. The van der Waals surface area contributed by atoms with Crippen LogP contribution in [0.5, 0.6) is 5.75 Å². The molecular weight excluding hydrogens is 329 g/mol. The lowest BCUT2D eigenvalue weighted by molar-refractivity contribution is -0.275. The molecule has 0 spiro atoms. The zero-order valence-electron chi connectivity index (χ0n) is 9.78. The van der Waals surface area contributed by atoms with Crippen molar-refractivity contribution in [1.82, 2.24) is 0 Å². The van der Waals surface area contributed by atoms with Crippen molar-refractivity contribution in [2.24, 2.45) is 0 Å². The van der Waals surface area contributed by atoms with Crippen molar-refractivity contribution in [2.75, 3.05) is 6.61 Å². The Balaban J connectivity index is 2.28. The molecule has 1 N–H and O–H groups in total. The Morgan fingerprint density at radius 2 is 2.11 bits per heavy atom. The van der Waals surface area contributed by atoms with Crippen LogP contribution in [0.25, 0.3) is 0 Å². The Morgan fingerprint density at radius 3 is 2.74 bits per heavy atom. The van der Waals surface area contributed by atoms with Gasteiger partial charge in [0.2, 0.25) is 0 Å². The molecule has 2 unspecified atom stereocenters. The Morgan fingerprint density at radius 1 is 1.37 bits per heavy atom. The van der Waals surface area contributed by atoms with Gasteiger partial charge in [-0.3, -0.25) is 0 Å². The molecular formula is C12H12BrF3O3. The van der Waals surface area contributed by atoms with Gasteiger partial charge >= 0.3 is 6.36 Å². The summed E-state index contributed by atoms with van der Waals surface area (Å²) in [6.45, 7) is 0.313. The van der Waals surface area contributed by atoms with Gasteiger partial charge in [0.1, 0.15) is 5.75 Å². The molecule has 19 heavy (non-hydrogen) atoms. The van der Waals surface area contributed by atoms with Crippen LogP contribution in [0.15, 0.2) is 22.7 Å². The van der Waals surface area contributed by atoms with E-state index in [1.54, 1.807) is 6.07 Å². The summed E-state index contributed by atoms with van der Waals surface area (Å²) in [6, 6.07) is 4.37. The van der Waals surface area contributed by atoms with Gasteiger partial charge in [-0.15, -0.1) is 13.2 Å². The maximum Gasteiger partial charge on any atom is 0.573 e. The van der Waals surface area contributed by atoms with Crippen molar-refractivity contribution in [1.29, 1.82) is 0 Å². The van der Waals surface area contributed by atoms with Gasteiger partial charge in [0.15, 0.2) is 0 Å². The number of aliphatic hydroxyl groups is 1. The van der Waals surface area contributed by atoms with Gasteiger partial charge in [0, 0.05) is 23.1 Å². The molecule has 1 aliphatic rings. The van der Waals surface area contributed by atoms with Crippen LogP contribution in [-0.4, -0.2) is 24.2 Å². The van der Waals surface area contributed by atoms with E-state index in [0.717, 1.165) is 0 Å². The summed E-state index contributed by atoms with van der Waals surface area (Å²) < 4.78 is 47.0. The van der Waals surface area contributed by atoms with Gasteiger partial charge in [-0.25, -0.2) is 0 Å². The monoisotopic (exact) mass is 340 g/mol. The lowest BCUT2D eigenvalue weighted by Crippen LogP contribution is -2.25. The molecule has 0 saturated carbocycles. The van der Waals surface area contributed by atoms with Gasteiger partial charge in [-0.05, 0) is 18.6 Å². The van der Waals surface area contributed by atoms with Crippen LogP contribution in [0.4, 0.5) is 13.2 Å². The number of halogens is 4. The van der Waals surface area contributed by atoms with E-state index >= 15 is 0 Å². The lowest BCUT2D eigenvalue weighted by Gasteiger charge is -2.28. The van der Waals surface area contributed by atoms with E-state index in [1.807, 2.05) is 0 Å². The van der Waals surface area contributed by atoms with E-state index in [2.05, 4.69) is 20.7 Å². The Labute approximate surface area is 116 Å². The smallest absolute Gasteiger partial charge is 0.405 e. The molecule has 0 aromatic heterocycles. The molecule has 2 atom stereocenters. The SMILES string of the molecule is OC1CCOC(c2ccc(Br)cc2OC(F)(F)F)C1. The van der Waals surface area contributed by atoms with Gasteiger partial charge in [-0.2, -0.15) is 0 Å². The number of hydrogen-bond donors (Lipinski definition) is 1. The van der Waals surface area contributed by atoms with Crippen molar-refractivity contribution in [3.8, 4) is 5.75 Å². The number of alkyl halides is 3. The van der Waals surface area contributed by atoms with Crippen molar-refractivity contribution in [2.45, 2.75) is 31.4 Å². The quantitative estimate of drug-likeness (QED) is 0.894. The average Bonchev–Trinajstić information content (AvgIpc) is 2.26. The molecule has 1 aromatic carbocycles. The molecule has 0 amide bonds. The zero-order chi connectivity index (χ0) is 14.0. The minimum Gasteiger partial charge on any atom is -0.405 e. The lowest BCUT2D eigenvalue weighted by atomic mass is 9.99. The first kappa shape index (κ1) is 14.6.